The quantitative estimate of drug-likeness (QED) is 0.317. The number of nitro benzene ring substituents is 1. The maximum Gasteiger partial charge on any atom is 0.311 e. The van der Waals surface area contributed by atoms with Gasteiger partial charge in [-0.15, -0.1) is 0 Å². The van der Waals surface area contributed by atoms with E-state index in [4.69, 9.17) is 15.2 Å². The van der Waals surface area contributed by atoms with E-state index in [9.17, 15) is 14.9 Å². The molecule has 2 saturated heterocycles. The number of anilines is 2. The van der Waals surface area contributed by atoms with Gasteiger partial charge in [0.2, 0.25) is 0 Å². The fourth-order valence-electron chi connectivity index (χ4n) is 4.71. The number of nitrogens with two attached hydrogens (primary N) is 1. The van der Waals surface area contributed by atoms with Gasteiger partial charge in [-0.3, -0.25) is 14.9 Å². The number of benzene rings is 2. The number of hydrogen-bond acceptors (Lipinski definition) is 9. The highest BCUT2D eigenvalue weighted by atomic mass is 16.6. The van der Waals surface area contributed by atoms with Crippen LogP contribution in [0.4, 0.5) is 17.1 Å². The second-order valence-electron chi connectivity index (χ2n) is 9.97. The van der Waals surface area contributed by atoms with Gasteiger partial charge in [-0.25, -0.2) is 0 Å². The molecule has 1 atom stereocenters. The number of nitro groups is 1. The van der Waals surface area contributed by atoms with E-state index in [0.29, 0.717) is 11.7 Å². The fourth-order valence-corrected chi connectivity index (χ4v) is 4.71. The molecule has 0 spiro atoms. The van der Waals surface area contributed by atoms with Crippen LogP contribution in [0.5, 0.6) is 11.5 Å². The summed E-state index contributed by atoms with van der Waals surface area (Å²) in [5.74, 6) is 0.614. The number of methoxy groups -OCH3 is 2. The Balaban J connectivity index is 0.000000215. The highest BCUT2D eigenvalue weighted by Gasteiger charge is 2.24. The Morgan fingerprint density at radius 2 is 1.71 bits per heavy atom. The first kappa shape index (κ1) is 29.0. The van der Waals surface area contributed by atoms with Crippen molar-refractivity contribution in [3.8, 4) is 11.5 Å². The molecule has 2 aromatic carbocycles. The molecule has 0 aliphatic carbocycles. The Morgan fingerprint density at radius 3 is 2.26 bits per heavy atom. The van der Waals surface area contributed by atoms with E-state index in [0.717, 1.165) is 44.8 Å². The predicted octanol–water partition coefficient (Wildman–Crippen LogP) is 2.85. The second kappa shape index (κ2) is 13.3. The van der Waals surface area contributed by atoms with E-state index in [1.165, 1.54) is 37.4 Å². The fraction of sp³-hybridized carbons (Fsp3) is 0.519. The van der Waals surface area contributed by atoms with Crippen molar-refractivity contribution in [1.82, 2.24) is 15.1 Å². The van der Waals surface area contributed by atoms with Gasteiger partial charge < -0.3 is 35.2 Å². The third-order valence-electron chi connectivity index (χ3n) is 7.16. The summed E-state index contributed by atoms with van der Waals surface area (Å²) in [6, 6.07) is 11.0. The minimum absolute atomic E-state index is 0.120. The number of rotatable bonds is 7. The number of nitrogen functional groups attached to an aromatic ring is 1. The van der Waals surface area contributed by atoms with Crippen LogP contribution >= 0.6 is 0 Å². The summed E-state index contributed by atoms with van der Waals surface area (Å²) in [6.07, 6.45) is 2.99. The Bertz CT molecular complexity index is 1100. The summed E-state index contributed by atoms with van der Waals surface area (Å²) in [6.45, 7) is 4.04. The number of piperidine rings is 1. The van der Waals surface area contributed by atoms with Gasteiger partial charge in [0.15, 0.2) is 5.75 Å². The molecule has 0 bridgehead atoms. The number of nitrogens with one attached hydrogen (secondary N) is 1. The summed E-state index contributed by atoms with van der Waals surface area (Å²) in [7, 11) is 9.32. The van der Waals surface area contributed by atoms with Gasteiger partial charge in [0.05, 0.1) is 24.8 Å². The molecule has 2 aliphatic heterocycles. The summed E-state index contributed by atoms with van der Waals surface area (Å²) < 4.78 is 10.1. The van der Waals surface area contributed by atoms with Crippen LogP contribution in [0.1, 0.15) is 29.6 Å². The first-order valence-corrected chi connectivity index (χ1v) is 12.8. The molecule has 0 radical (unpaired) electrons. The zero-order chi connectivity index (χ0) is 27.8. The van der Waals surface area contributed by atoms with Gasteiger partial charge in [-0.1, -0.05) is 0 Å². The maximum absolute atomic E-state index is 12.2. The second-order valence-corrected chi connectivity index (χ2v) is 9.97. The molecule has 1 amide bonds. The molecule has 208 valence electrons. The van der Waals surface area contributed by atoms with Crippen LogP contribution in [-0.2, 0) is 0 Å². The average molecular weight is 529 g/mol. The standard InChI is InChI=1S/C14H19N3O4.C13H21N3O/c1-16-7-5-11(6-8-16)15-14(18)10-3-4-13(21-2)12(9-10)17(19)20;1-15(2)11-6-7-16(9-11)10-4-5-13(17-3)12(14)8-10/h3-4,9,11H,5-8H2,1-2H3,(H,15,18);4-5,8,11H,6-7,9,14H2,1-3H3. The van der Waals surface area contributed by atoms with Gasteiger partial charge >= 0.3 is 5.69 Å². The van der Waals surface area contributed by atoms with Gasteiger partial charge in [0, 0.05) is 42.5 Å². The van der Waals surface area contributed by atoms with Crippen molar-refractivity contribution in [3.05, 3.63) is 52.1 Å². The molecule has 3 N–H and O–H groups in total. The topological polar surface area (TPSA) is 126 Å². The Hall–Kier alpha value is -3.57. The lowest BCUT2D eigenvalue weighted by molar-refractivity contribution is -0.385. The number of likely N-dealkylation sites (N-methyl/N-ethyl adjacent to an activating group) is 1. The molecule has 11 heteroatoms. The van der Waals surface area contributed by atoms with E-state index in [1.807, 2.05) is 19.2 Å². The number of amides is 1. The summed E-state index contributed by atoms with van der Waals surface area (Å²) in [5, 5.41) is 13.9. The van der Waals surface area contributed by atoms with Crippen molar-refractivity contribution in [1.29, 1.82) is 0 Å². The monoisotopic (exact) mass is 528 g/mol. The predicted molar refractivity (Wildman–Crippen MR) is 149 cm³/mol. The number of nitrogens with zero attached hydrogens (tertiary/aromatic N) is 4. The summed E-state index contributed by atoms with van der Waals surface area (Å²) in [5.41, 5.74) is 7.90. The van der Waals surface area contributed by atoms with Crippen LogP contribution in [0, 0.1) is 10.1 Å². The van der Waals surface area contributed by atoms with Crippen molar-refractivity contribution in [3.63, 3.8) is 0 Å². The number of likely N-dealkylation sites (tertiary alicyclic amines) is 1. The lowest BCUT2D eigenvalue weighted by atomic mass is 10.0. The van der Waals surface area contributed by atoms with Gasteiger partial charge in [0.25, 0.3) is 5.91 Å². The molecule has 11 nitrogen and oxygen atoms in total. The highest BCUT2D eigenvalue weighted by molar-refractivity contribution is 5.95. The summed E-state index contributed by atoms with van der Waals surface area (Å²) in [4.78, 5) is 29.5. The Labute approximate surface area is 224 Å². The van der Waals surface area contributed by atoms with Gasteiger partial charge in [0.1, 0.15) is 5.75 Å². The molecular weight excluding hydrogens is 488 g/mol. The molecule has 0 saturated carbocycles. The number of carbonyl (C=O) groups excluding carboxylic acids is 1. The van der Waals surface area contributed by atoms with Gasteiger partial charge in [-0.05, 0) is 83.8 Å². The van der Waals surface area contributed by atoms with Crippen LogP contribution in [0.3, 0.4) is 0 Å². The maximum atomic E-state index is 12.2. The normalized spacial score (nSPS) is 18.1. The number of ether oxygens (including phenoxy) is 2. The van der Waals surface area contributed by atoms with E-state index in [2.05, 4.69) is 40.2 Å². The van der Waals surface area contributed by atoms with Crippen molar-refractivity contribution in [2.24, 2.45) is 0 Å². The van der Waals surface area contributed by atoms with E-state index in [1.54, 1.807) is 7.11 Å². The molecule has 4 rings (SSSR count). The van der Waals surface area contributed by atoms with E-state index < -0.39 is 4.92 Å². The third kappa shape index (κ3) is 7.48. The van der Waals surface area contributed by atoms with Crippen LogP contribution in [0.15, 0.2) is 36.4 Å². The van der Waals surface area contributed by atoms with E-state index in [-0.39, 0.29) is 28.9 Å². The molecule has 2 aromatic rings. The molecule has 1 unspecified atom stereocenters. The minimum atomic E-state index is -0.550. The molecule has 38 heavy (non-hydrogen) atoms. The SMILES string of the molecule is COc1ccc(C(=O)NC2CCN(C)CC2)cc1[N+](=O)[O-].COc1ccc(N2CCC(N(C)C)C2)cc1N. The zero-order valence-corrected chi connectivity index (χ0v) is 23.0. The largest absolute Gasteiger partial charge is 0.495 e. The summed E-state index contributed by atoms with van der Waals surface area (Å²) >= 11 is 0. The van der Waals surface area contributed by atoms with Crippen LogP contribution in [0.25, 0.3) is 0 Å². The average Bonchev–Trinajstić information content (AvgIpc) is 3.41. The number of carbonyl (C=O) groups is 1. The lowest BCUT2D eigenvalue weighted by Gasteiger charge is -2.29. The molecule has 2 aliphatic rings. The Morgan fingerprint density at radius 1 is 1.05 bits per heavy atom. The van der Waals surface area contributed by atoms with Crippen LogP contribution in [0.2, 0.25) is 0 Å². The van der Waals surface area contributed by atoms with Crippen molar-refractivity contribution in [2.45, 2.75) is 31.3 Å². The molecule has 2 heterocycles. The number of hydrogen-bond donors (Lipinski definition) is 2. The highest BCUT2D eigenvalue weighted by Crippen LogP contribution is 2.30. The van der Waals surface area contributed by atoms with Gasteiger partial charge in [-0.2, -0.15) is 0 Å². The van der Waals surface area contributed by atoms with Crippen LogP contribution in [-0.4, -0.2) is 94.3 Å². The van der Waals surface area contributed by atoms with Crippen LogP contribution < -0.4 is 25.4 Å². The smallest absolute Gasteiger partial charge is 0.311 e. The van der Waals surface area contributed by atoms with Crippen molar-refractivity contribution < 1.29 is 19.2 Å². The van der Waals surface area contributed by atoms with Crippen molar-refractivity contribution >= 4 is 23.0 Å². The first-order valence-electron chi connectivity index (χ1n) is 12.8. The lowest BCUT2D eigenvalue weighted by Crippen LogP contribution is -2.43. The van der Waals surface area contributed by atoms with E-state index >= 15 is 0 Å². The molecular formula is C27H40N6O5. The zero-order valence-electron chi connectivity index (χ0n) is 23.0. The minimum Gasteiger partial charge on any atom is -0.495 e. The molecule has 2 fully saturated rings. The Kier molecular flexibility index (Phi) is 10.1. The first-order chi connectivity index (χ1) is 18.1. The third-order valence-corrected chi connectivity index (χ3v) is 7.16. The molecule has 0 aromatic heterocycles. The van der Waals surface area contributed by atoms with Crippen molar-refractivity contribution in [2.75, 3.05) is 72.2 Å².